The third-order valence-electron chi connectivity index (χ3n) is 1.83. The highest BCUT2D eigenvalue weighted by Gasteiger charge is 2.01. The number of aromatic nitrogens is 1. The van der Waals surface area contributed by atoms with Crippen molar-refractivity contribution in [3.05, 3.63) is 47.2 Å². The second kappa shape index (κ2) is 4.68. The fraction of sp³-hybridized carbons (Fsp3) is 0. The number of anilines is 1. The number of hydrogen-bond acceptors (Lipinski definition) is 3. The number of pyridine rings is 1. The van der Waals surface area contributed by atoms with Gasteiger partial charge in [0.2, 0.25) is 0 Å². The molecule has 0 spiro atoms. The van der Waals surface area contributed by atoms with Crippen LogP contribution in [0.4, 0.5) is 5.69 Å². The van der Waals surface area contributed by atoms with Gasteiger partial charge in [0.05, 0.1) is 11.9 Å². The minimum Gasteiger partial charge on any atom is -0.397 e. The molecule has 15 heavy (non-hydrogen) atoms. The van der Waals surface area contributed by atoms with Gasteiger partial charge in [-0.2, -0.15) is 0 Å². The van der Waals surface area contributed by atoms with Crippen molar-refractivity contribution in [2.45, 2.75) is 9.79 Å². The summed E-state index contributed by atoms with van der Waals surface area (Å²) in [5, 5.41) is 0. The van der Waals surface area contributed by atoms with E-state index < -0.39 is 0 Å². The minimum atomic E-state index is 0.711. The Morgan fingerprint density at radius 2 is 2.13 bits per heavy atom. The number of nitrogen functional groups attached to an aromatic ring is 1. The zero-order valence-corrected chi connectivity index (χ0v) is 10.3. The summed E-state index contributed by atoms with van der Waals surface area (Å²) in [6, 6.07) is 10.0. The van der Waals surface area contributed by atoms with Crippen LogP contribution in [0.2, 0.25) is 0 Å². The van der Waals surface area contributed by atoms with Gasteiger partial charge in [0, 0.05) is 20.5 Å². The maximum atomic E-state index is 5.81. The number of nitrogens with zero attached hydrogens (tertiary/aromatic N) is 1. The van der Waals surface area contributed by atoms with Crippen molar-refractivity contribution in [3.8, 4) is 0 Å². The van der Waals surface area contributed by atoms with Crippen LogP contribution in [0, 0.1) is 0 Å². The molecule has 2 rings (SSSR count). The summed E-state index contributed by atoms with van der Waals surface area (Å²) in [4.78, 5) is 6.14. The molecular formula is C11H9BrN2S. The monoisotopic (exact) mass is 280 g/mol. The lowest BCUT2D eigenvalue weighted by Crippen LogP contribution is -1.88. The number of nitrogens with two attached hydrogens (primary N) is 1. The van der Waals surface area contributed by atoms with Gasteiger partial charge in [0.15, 0.2) is 0 Å². The molecule has 0 saturated heterocycles. The molecule has 1 aromatic carbocycles. The molecule has 0 aliphatic heterocycles. The number of halogens is 1. The zero-order chi connectivity index (χ0) is 10.7. The lowest BCUT2D eigenvalue weighted by molar-refractivity contribution is 1.26. The molecule has 0 amide bonds. The van der Waals surface area contributed by atoms with Gasteiger partial charge < -0.3 is 5.73 Å². The number of benzene rings is 1. The summed E-state index contributed by atoms with van der Waals surface area (Å²) in [6.45, 7) is 0. The van der Waals surface area contributed by atoms with Crippen LogP contribution in [0.3, 0.4) is 0 Å². The molecule has 1 aromatic heterocycles. The first-order chi connectivity index (χ1) is 7.25. The lowest BCUT2D eigenvalue weighted by atomic mass is 10.4. The van der Waals surface area contributed by atoms with Gasteiger partial charge in [-0.25, -0.2) is 0 Å². The molecule has 0 unspecified atom stereocenters. The Balaban J connectivity index is 2.26. The molecule has 0 atom stereocenters. The average Bonchev–Trinajstić information content (AvgIpc) is 2.22. The first-order valence-electron chi connectivity index (χ1n) is 4.38. The van der Waals surface area contributed by atoms with Crippen LogP contribution >= 0.6 is 27.7 Å². The molecule has 2 N–H and O–H groups in total. The first kappa shape index (κ1) is 10.5. The van der Waals surface area contributed by atoms with E-state index in [2.05, 4.69) is 33.0 Å². The minimum absolute atomic E-state index is 0.711. The summed E-state index contributed by atoms with van der Waals surface area (Å²) in [5.74, 6) is 0. The van der Waals surface area contributed by atoms with Gasteiger partial charge in [-0.1, -0.05) is 33.8 Å². The molecule has 1 heterocycles. The normalized spacial score (nSPS) is 10.2. The Hall–Kier alpha value is -1.00. The maximum Gasteiger partial charge on any atom is 0.0642 e. The topological polar surface area (TPSA) is 38.9 Å². The van der Waals surface area contributed by atoms with E-state index in [1.165, 1.54) is 0 Å². The Bertz CT molecular complexity index is 474. The number of hydrogen-bond donors (Lipinski definition) is 1. The summed E-state index contributed by atoms with van der Waals surface area (Å²) in [6.07, 6.45) is 3.41. The Morgan fingerprint density at radius 1 is 1.27 bits per heavy atom. The highest BCUT2D eigenvalue weighted by molar-refractivity contribution is 9.10. The van der Waals surface area contributed by atoms with Crippen LogP contribution in [0.15, 0.2) is 57.0 Å². The molecule has 0 aliphatic rings. The third-order valence-corrected chi connectivity index (χ3v) is 3.41. The van der Waals surface area contributed by atoms with E-state index in [1.54, 1.807) is 24.2 Å². The van der Waals surface area contributed by atoms with Crippen molar-refractivity contribution >= 4 is 33.4 Å². The average molecular weight is 281 g/mol. The highest BCUT2D eigenvalue weighted by Crippen LogP contribution is 2.32. The van der Waals surface area contributed by atoms with Gasteiger partial charge in [0.25, 0.3) is 0 Å². The van der Waals surface area contributed by atoms with Crippen LogP contribution in [0.5, 0.6) is 0 Å². The summed E-state index contributed by atoms with van der Waals surface area (Å²) >= 11 is 5.07. The Kier molecular flexibility index (Phi) is 3.28. The van der Waals surface area contributed by atoms with Crippen molar-refractivity contribution in [2.24, 2.45) is 0 Å². The van der Waals surface area contributed by atoms with E-state index in [-0.39, 0.29) is 0 Å². The fourth-order valence-electron chi connectivity index (χ4n) is 1.14. The molecule has 2 nitrogen and oxygen atoms in total. The molecule has 0 saturated carbocycles. The molecule has 0 fully saturated rings. The molecule has 76 valence electrons. The highest BCUT2D eigenvalue weighted by atomic mass is 79.9. The molecule has 0 radical (unpaired) electrons. The molecular weight excluding hydrogens is 272 g/mol. The Morgan fingerprint density at radius 3 is 2.87 bits per heavy atom. The fourth-order valence-corrected chi connectivity index (χ4v) is 2.58. The lowest BCUT2D eigenvalue weighted by Gasteiger charge is -2.04. The standard InChI is InChI=1S/C11H9BrN2S/c12-8-2-1-3-9(6-8)15-11-4-5-14-7-10(11)13/h1-7H,13H2. The van der Waals surface area contributed by atoms with Crippen molar-refractivity contribution in [1.29, 1.82) is 0 Å². The first-order valence-corrected chi connectivity index (χ1v) is 5.99. The smallest absolute Gasteiger partial charge is 0.0642 e. The Labute approximate surface area is 101 Å². The van der Waals surface area contributed by atoms with Gasteiger partial charge in [0.1, 0.15) is 0 Å². The van der Waals surface area contributed by atoms with Crippen molar-refractivity contribution in [3.63, 3.8) is 0 Å². The van der Waals surface area contributed by atoms with E-state index in [4.69, 9.17) is 5.73 Å². The van der Waals surface area contributed by atoms with Gasteiger partial charge in [-0.05, 0) is 24.3 Å². The van der Waals surface area contributed by atoms with E-state index in [0.717, 1.165) is 14.3 Å². The van der Waals surface area contributed by atoms with Crippen molar-refractivity contribution in [1.82, 2.24) is 4.98 Å². The van der Waals surface area contributed by atoms with E-state index in [9.17, 15) is 0 Å². The zero-order valence-electron chi connectivity index (χ0n) is 7.85. The van der Waals surface area contributed by atoms with Crippen molar-refractivity contribution < 1.29 is 0 Å². The molecule has 0 aliphatic carbocycles. The number of rotatable bonds is 2. The van der Waals surface area contributed by atoms with Crippen LogP contribution < -0.4 is 5.73 Å². The SMILES string of the molecule is Nc1cnccc1Sc1cccc(Br)c1. The van der Waals surface area contributed by atoms with Gasteiger partial charge in [-0.3, -0.25) is 4.98 Å². The van der Waals surface area contributed by atoms with Crippen LogP contribution in [-0.2, 0) is 0 Å². The maximum absolute atomic E-state index is 5.81. The molecule has 2 aromatic rings. The van der Waals surface area contributed by atoms with Crippen molar-refractivity contribution in [2.75, 3.05) is 5.73 Å². The van der Waals surface area contributed by atoms with Crippen LogP contribution in [0.1, 0.15) is 0 Å². The van der Waals surface area contributed by atoms with Gasteiger partial charge >= 0.3 is 0 Å². The van der Waals surface area contributed by atoms with Gasteiger partial charge in [-0.15, -0.1) is 0 Å². The third kappa shape index (κ3) is 2.73. The quantitative estimate of drug-likeness (QED) is 0.914. The van der Waals surface area contributed by atoms with E-state index >= 15 is 0 Å². The predicted octanol–water partition coefficient (Wildman–Crippen LogP) is 3.58. The summed E-state index contributed by atoms with van der Waals surface area (Å²) < 4.78 is 1.07. The molecule has 0 bridgehead atoms. The van der Waals surface area contributed by atoms with E-state index in [0.29, 0.717) is 5.69 Å². The predicted molar refractivity (Wildman–Crippen MR) is 66.9 cm³/mol. The molecule has 4 heteroatoms. The summed E-state index contributed by atoms with van der Waals surface area (Å²) in [5.41, 5.74) is 6.52. The second-order valence-electron chi connectivity index (χ2n) is 2.97. The van der Waals surface area contributed by atoms with Crippen LogP contribution in [0.25, 0.3) is 0 Å². The van der Waals surface area contributed by atoms with E-state index in [1.807, 2.05) is 18.2 Å². The summed E-state index contributed by atoms with van der Waals surface area (Å²) in [7, 11) is 0. The largest absolute Gasteiger partial charge is 0.397 e. The van der Waals surface area contributed by atoms with Crippen LogP contribution in [-0.4, -0.2) is 4.98 Å². The second-order valence-corrected chi connectivity index (χ2v) is 5.00.